The van der Waals surface area contributed by atoms with E-state index < -0.39 is 27.3 Å². The first-order chi connectivity index (χ1) is 10.2. The van der Waals surface area contributed by atoms with Gasteiger partial charge in [-0.1, -0.05) is 23.4 Å². The van der Waals surface area contributed by atoms with E-state index in [2.05, 4.69) is 4.72 Å². The Bertz CT molecular complexity index is 843. The standard InChI is InChI=1S/C15H15NO5S/c1-9-3-6-14(10(2)7-9)22(20,21)16-11-4-5-12(15(18)19)13(17)8-11/h3-8,16-17H,1-2H3,(H,18,19)/p-1. The van der Waals surface area contributed by atoms with Crippen LogP contribution in [-0.2, 0) is 10.0 Å². The molecule has 0 aliphatic carbocycles. The lowest BCUT2D eigenvalue weighted by Crippen LogP contribution is -2.15. The molecule has 0 atom stereocenters. The first kappa shape index (κ1) is 15.8. The van der Waals surface area contributed by atoms with E-state index in [1.807, 2.05) is 6.92 Å². The van der Waals surface area contributed by atoms with Gasteiger partial charge in [-0.2, -0.15) is 0 Å². The number of aryl methyl sites for hydroxylation is 2. The lowest BCUT2D eigenvalue weighted by atomic mass is 10.2. The van der Waals surface area contributed by atoms with Crippen LogP contribution < -0.4 is 9.83 Å². The zero-order valence-electron chi connectivity index (χ0n) is 12.0. The molecule has 0 aliphatic rings. The first-order valence-electron chi connectivity index (χ1n) is 6.35. The average molecular weight is 320 g/mol. The number of nitrogens with one attached hydrogen (secondary N) is 1. The van der Waals surface area contributed by atoms with Crippen LogP contribution in [0.4, 0.5) is 5.69 Å². The van der Waals surface area contributed by atoms with Crippen LogP contribution in [0.5, 0.6) is 5.75 Å². The average Bonchev–Trinajstić information content (AvgIpc) is 2.37. The van der Waals surface area contributed by atoms with Crippen molar-refractivity contribution in [2.75, 3.05) is 4.72 Å². The van der Waals surface area contributed by atoms with Crippen molar-refractivity contribution in [2.45, 2.75) is 18.7 Å². The van der Waals surface area contributed by atoms with Gasteiger partial charge < -0.3 is 10.2 Å². The molecule has 0 saturated carbocycles. The number of hydrogen-bond acceptors (Lipinski definition) is 4. The summed E-state index contributed by atoms with van der Waals surface area (Å²) in [5.41, 5.74) is 1.13. The molecule has 0 saturated heterocycles. The van der Waals surface area contributed by atoms with Crippen LogP contribution in [0.2, 0.25) is 0 Å². The number of benzene rings is 2. The summed E-state index contributed by atoms with van der Waals surface area (Å²) in [6.45, 7) is 3.53. The maximum atomic E-state index is 12.3. The van der Waals surface area contributed by atoms with Gasteiger partial charge in [0.25, 0.3) is 10.0 Å². The van der Waals surface area contributed by atoms with Crippen LogP contribution in [0, 0.1) is 13.8 Å². The number of rotatable bonds is 4. The Kier molecular flexibility index (Phi) is 4.09. The molecular formula is C15H14NO5S-. The molecule has 116 valence electrons. The SMILES string of the molecule is Cc1ccc(S(=O)(=O)Nc2ccc(C(=O)O)c([O-])c2)c(C)c1. The quantitative estimate of drug-likeness (QED) is 0.894. The van der Waals surface area contributed by atoms with Crippen molar-refractivity contribution in [2.24, 2.45) is 0 Å². The second-order valence-electron chi connectivity index (χ2n) is 4.89. The monoisotopic (exact) mass is 320 g/mol. The molecule has 22 heavy (non-hydrogen) atoms. The van der Waals surface area contributed by atoms with E-state index in [9.17, 15) is 18.3 Å². The van der Waals surface area contributed by atoms with Gasteiger partial charge in [0.1, 0.15) is 0 Å². The minimum absolute atomic E-state index is 0.0231. The highest BCUT2D eigenvalue weighted by molar-refractivity contribution is 7.92. The molecule has 2 aromatic carbocycles. The molecule has 0 aliphatic heterocycles. The van der Waals surface area contributed by atoms with E-state index in [0.717, 1.165) is 17.7 Å². The number of anilines is 1. The molecule has 2 aromatic rings. The third kappa shape index (κ3) is 3.20. The van der Waals surface area contributed by atoms with Gasteiger partial charge in [0.15, 0.2) is 0 Å². The van der Waals surface area contributed by atoms with Gasteiger partial charge in [0, 0.05) is 5.69 Å². The molecule has 0 radical (unpaired) electrons. The maximum Gasteiger partial charge on any atom is 0.335 e. The number of sulfonamides is 1. The zero-order valence-corrected chi connectivity index (χ0v) is 12.8. The summed E-state index contributed by atoms with van der Waals surface area (Å²) in [5, 5.41) is 20.4. The highest BCUT2D eigenvalue weighted by Crippen LogP contribution is 2.24. The van der Waals surface area contributed by atoms with Gasteiger partial charge in [-0.25, -0.2) is 13.2 Å². The molecule has 2 N–H and O–H groups in total. The number of carbonyl (C=O) groups is 1. The van der Waals surface area contributed by atoms with Gasteiger partial charge in [-0.3, -0.25) is 4.72 Å². The van der Waals surface area contributed by atoms with Crippen molar-refractivity contribution in [1.29, 1.82) is 0 Å². The van der Waals surface area contributed by atoms with E-state index in [0.29, 0.717) is 5.56 Å². The molecular weight excluding hydrogens is 306 g/mol. The van der Waals surface area contributed by atoms with Crippen LogP contribution in [-0.4, -0.2) is 19.5 Å². The van der Waals surface area contributed by atoms with Gasteiger partial charge in [0.05, 0.1) is 10.5 Å². The maximum absolute atomic E-state index is 12.3. The fraction of sp³-hybridized carbons (Fsp3) is 0.133. The van der Waals surface area contributed by atoms with Crippen molar-refractivity contribution >= 4 is 21.7 Å². The predicted octanol–water partition coefficient (Wildman–Crippen LogP) is 1.88. The third-order valence-corrected chi connectivity index (χ3v) is 4.63. The summed E-state index contributed by atoms with van der Waals surface area (Å²) in [7, 11) is -3.85. The lowest BCUT2D eigenvalue weighted by molar-refractivity contribution is -0.268. The molecule has 0 fully saturated rings. The zero-order chi connectivity index (χ0) is 16.5. The lowest BCUT2D eigenvalue weighted by Gasteiger charge is -2.15. The molecule has 0 heterocycles. The van der Waals surface area contributed by atoms with Gasteiger partial charge in [-0.05, 0) is 43.7 Å². The van der Waals surface area contributed by atoms with Gasteiger partial charge in [-0.15, -0.1) is 0 Å². The van der Waals surface area contributed by atoms with E-state index in [4.69, 9.17) is 5.11 Å². The fourth-order valence-electron chi connectivity index (χ4n) is 2.07. The third-order valence-electron chi connectivity index (χ3n) is 3.08. The van der Waals surface area contributed by atoms with E-state index in [1.54, 1.807) is 19.1 Å². The molecule has 0 aromatic heterocycles. The molecule has 0 amide bonds. The molecule has 0 bridgehead atoms. The Morgan fingerprint density at radius 2 is 1.82 bits per heavy atom. The summed E-state index contributed by atoms with van der Waals surface area (Å²) < 4.78 is 26.9. The first-order valence-corrected chi connectivity index (χ1v) is 7.83. The van der Waals surface area contributed by atoms with E-state index in [-0.39, 0.29) is 10.6 Å². The van der Waals surface area contributed by atoms with Crippen molar-refractivity contribution in [1.82, 2.24) is 0 Å². The van der Waals surface area contributed by atoms with Crippen LogP contribution in [0.1, 0.15) is 21.5 Å². The predicted molar refractivity (Wildman–Crippen MR) is 79.6 cm³/mol. The Morgan fingerprint density at radius 3 is 2.36 bits per heavy atom. The summed E-state index contributed by atoms with van der Waals surface area (Å²) in [6, 6.07) is 8.16. The van der Waals surface area contributed by atoms with Crippen molar-refractivity contribution in [3.8, 4) is 5.75 Å². The highest BCUT2D eigenvalue weighted by atomic mass is 32.2. The smallest absolute Gasteiger partial charge is 0.335 e. The molecule has 0 spiro atoms. The van der Waals surface area contributed by atoms with E-state index >= 15 is 0 Å². The highest BCUT2D eigenvalue weighted by Gasteiger charge is 2.17. The number of hydrogen-bond donors (Lipinski definition) is 2. The van der Waals surface area contributed by atoms with Crippen molar-refractivity contribution < 1.29 is 23.4 Å². The van der Waals surface area contributed by atoms with Crippen LogP contribution in [0.15, 0.2) is 41.3 Å². The van der Waals surface area contributed by atoms with E-state index in [1.165, 1.54) is 12.1 Å². The minimum atomic E-state index is -3.85. The Morgan fingerprint density at radius 1 is 1.14 bits per heavy atom. The van der Waals surface area contributed by atoms with Crippen molar-refractivity contribution in [3.05, 3.63) is 53.1 Å². The Labute approximate surface area is 128 Å². The summed E-state index contributed by atoms with van der Waals surface area (Å²) in [5.74, 6) is -2.11. The van der Waals surface area contributed by atoms with Gasteiger partial charge in [0.2, 0.25) is 0 Å². The number of carboxylic acid groups (broad SMARTS) is 1. The number of aromatic carboxylic acids is 1. The molecule has 0 unspecified atom stereocenters. The Hall–Kier alpha value is -2.54. The Balaban J connectivity index is 2.37. The van der Waals surface area contributed by atoms with Crippen LogP contribution in [0.3, 0.4) is 0 Å². The topological polar surface area (TPSA) is 107 Å². The summed E-state index contributed by atoms with van der Waals surface area (Å²) >= 11 is 0. The summed E-state index contributed by atoms with van der Waals surface area (Å²) in [4.78, 5) is 10.9. The second-order valence-corrected chi connectivity index (χ2v) is 6.54. The molecule has 2 rings (SSSR count). The van der Waals surface area contributed by atoms with Crippen LogP contribution >= 0.6 is 0 Å². The van der Waals surface area contributed by atoms with Crippen molar-refractivity contribution in [3.63, 3.8) is 0 Å². The second kappa shape index (κ2) is 5.69. The normalized spacial score (nSPS) is 11.2. The largest absolute Gasteiger partial charge is 0.872 e. The van der Waals surface area contributed by atoms with Gasteiger partial charge >= 0.3 is 5.97 Å². The summed E-state index contributed by atoms with van der Waals surface area (Å²) in [6.07, 6.45) is 0. The minimum Gasteiger partial charge on any atom is -0.872 e. The van der Waals surface area contributed by atoms with Crippen LogP contribution in [0.25, 0.3) is 0 Å². The molecule has 7 heteroatoms. The fourth-order valence-corrected chi connectivity index (χ4v) is 3.35. The number of carboxylic acids is 1. The molecule has 6 nitrogen and oxygen atoms in total.